The number of hydrogen-bond donors (Lipinski definition) is 2. The van der Waals surface area contributed by atoms with Crippen molar-refractivity contribution in [3.63, 3.8) is 0 Å². The zero-order valence-electron chi connectivity index (χ0n) is 11.5. The molecule has 0 atom stereocenters. The highest BCUT2D eigenvalue weighted by molar-refractivity contribution is 6.06. The second kappa shape index (κ2) is 5.78. The number of nitrogens with two attached hydrogens (primary N) is 1. The topological polar surface area (TPSA) is 64.3 Å². The Morgan fingerprint density at radius 3 is 2.57 bits per heavy atom. The third kappa shape index (κ3) is 3.10. The summed E-state index contributed by atoms with van der Waals surface area (Å²) in [6.45, 7) is 1.45. The van der Waals surface area contributed by atoms with Crippen molar-refractivity contribution in [2.45, 2.75) is 6.92 Å². The van der Waals surface area contributed by atoms with E-state index in [0.717, 1.165) is 6.07 Å². The van der Waals surface area contributed by atoms with E-state index in [0.29, 0.717) is 23.2 Å². The number of carbonyl (C=O) groups is 1. The number of benzene rings is 2. The number of methoxy groups -OCH3 is 1. The molecule has 6 heteroatoms. The molecule has 0 fully saturated rings. The van der Waals surface area contributed by atoms with Crippen molar-refractivity contribution in [1.29, 1.82) is 0 Å². The van der Waals surface area contributed by atoms with Gasteiger partial charge >= 0.3 is 0 Å². The molecular formula is C15H14F2N2O2. The molecule has 2 rings (SSSR count). The van der Waals surface area contributed by atoms with Crippen LogP contribution in [0.5, 0.6) is 5.75 Å². The average molecular weight is 292 g/mol. The Hall–Kier alpha value is -2.63. The predicted octanol–water partition coefficient (Wildman–Crippen LogP) is 3.12. The SMILES string of the molecule is COc1ccc(N)c(NC(=O)c2cc(C)c(F)cc2F)c1. The summed E-state index contributed by atoms with van der Waals surface area (Å²) in [7, 11) is 1.47. The van der Waals surface area contributed by atoms with Crippen molar-refractivity contribution in [2.24, 2.45) is 0 Å². The van der Waals surface area contributed by atoms with E-state index < -0.39 is 17.5 Å². The zero-order valence-corrected chi connectivity index (χ0v) is 11.5. The number of aryl methyl sites for hydroxylation is 1. The van der Waals surface area contributed by atoms with Gasteiger partial charge in [-0.25, -0.2) is 8.78 Å². The number of halogens is 2. The molecule has 4 nitrogen and oxygen atoms in total. The maximum absolute atomic E-state index is 13.7. The van der Waals surface area contributed by atoms with Crippen LogP contribution in [0.2, 0.25) is 0 Å². The first-order chi connectivity index (χ1) is 9.92. The molecular weight excluding hydrogens is 278 g/mol. The van der Waals surface area contributed by atoms with Gasteiger partial charge in [0.1, 0.15) is 17.4 Å². The van der Waals surface area contributed by atoms with Crippen LogP contribution in [0.25, 0.3) is 0 Å². The van der Waals surface area contributed by atoms with E-state index in [1.54, 1.807) is 12.1 Å². The Balaban J connectivity index is 2.32. The first kappa shape index (κ1) is 14.8. The standard InChI is InChI=1S/C15H14F2N2O2/c1-8-5-10(12(17)7-11(8)16)15(20)19-14-6-9(21-2)3-4-13(14)18/h3-7H,18H2,1-2H3,(H,19,20). The highest BCUT2D eigenvalue weighted by atomic mass is 19.1. The van der Waals surface area contributed by atoms with Gasteiger partial charge in [0.25, 0.3) is 5.91 Å². The van der Waals surface area contributed by atoms with Gasteiger partial charge in [-0.15, -0.1) is 0 Å². The molecule has 21 heavy (non-hydrogen) atoms. The molecule has 0 saturated heterocycles. The fourth-order valence-electron chi connectivity index (χ4n) is 1.79. The second-order valence-electron chi connectivity index (χ2n) is 4.49. The summed E-state index contributed by atoms with van der Waals surface area (Å²) in [5.74, 6) is -1.85. The normalized spacial score (nSPS) is 10.3. The van der Waals surface area contributed by atoms with Gasteiger partial charge in [0.2, 0.25) is 0 Å². The monoisotopic (exact) mass is 292 g/mol. The first-order valence-corrected chi connectivity index (χ1v) is 6.13. The molecule has 0 spiro atoms. The molecule has 0 aliphatic heterocycles. The highest BCUT2D eigenvalue weighted by Gasteiger charge is 2.16. The molecule has 0 bridgehead atoms. The molecule has 0 aliphatic carbocycles. The Kier molecular flexibility index (Phi) is 4.07. The number of ether oxygens (including phenoxy) is 1. The minimum atomic E-state index is -0.933. The number of hydrogen-bond acceptors (Lipinski definition) is 3. The molecule has 0 aromatic heterocycles. The van der Waals surface area contributed by atoms with Crippen LogP contribution < -0.4 is 15.8 Å². The van der Waals surface area contributed by atoms with E-state index in [2.05, 4.69) is 5.32 Å². The first-order valence-electron chi connectivity index (χ1n) is 6.13. The van der Waals surface area contributed by atoms with Crippen molar-refractivity contribution >= 4 is 17.3 Å². The quantitative estimate of drug-likeness (QED) is 0.854. The molecule has 0 saturated carbocycles. The molecule has 0 radical (unpaired) electrons. The Labute approximate surface area is 120 Å². The average Bonchev–Trinajstić information content (AvgIpc) is 2.45. The van der Waals surface area contributed by atoms with E-state index >= 15 is 0 Å². The number of nitrogen functional groups attached to an aromatic ring is 1. The molecule has 3 N–H and O–H groups in total. The number of anilines is 2. The lowest BCUT2D eigenvalue weighted by atomic mass is 10.1. The third-order valence-corrected chi connectivity index (χ3v) is 3.00. The smallest absolute Gasteiger partial charge is 0.258 e. The minimum absolute atomic E-state index is 0.181. The molecule has 2 aromatic rings. The van der Waals surface area contributed by atoms with Crippen molar-refractivity contribution in [2.75, 3.05) is 18.2 Å². The van der Waals surface area contributed by atoms with E-state index in [9.17, 15) is 13.6 Å². The highest BCUT2D eigenvalue weighted by Crippen LogP contribution is 2.25. The summed E-state index contributed by atoms with van der Waals surface area (Å²) >= 11 is 0. The van der Waals surface area contributed by atoms with Gasteiger partial charge in [-0.05, 0) is 30.7 Å². The maximum Gasteiger partial charge on any atom is 0.258 e. The largest absolute Gasteiger partial charge is 0.497 e. The van der Waals surface area contributed by atoms with Crippen molar-refractivity contribution in [3.05, 3.63) is 53.1 Å². The summed E-state index contributed by atoms with van der Waals surface area (Å²) in [4.78, 5) is 12.1. The third-order valence-electron chi connectivity index (χ3n) is 3.00. The number of carbonyl (C=O) groups excluding carboxylic acids is 1. The fourth-order valence-corrected chi connectivity index (χ4v) is 1.79. The summed E-state index contributed by atoms with van der Waals surface area (Å²) in [5, 5.41) is 2.48. The van der Waals surface area contributed by atoms with Crippen LogP contribution in [-0.2, 0) is 0 Å². The summed E-state index contributed by atoms with van der Waals surface area (Å²) in [6, 6.07) is 6.53. The summed E-state index contributed by atoms with van der Waals surface area (Å²) in [5.41, 5.74) is 6.27. The molecule has 0 unspecified atom stereocenters. The van der Waals surface area contributed by atoms with Crippen LogP contribution >= 0.6 is 0 Å². The molecule has 1 amide bonds. The molecule has 0 heterocycles. The van der Waals surface area contributed by atoms with Gasteiger partial charge in [0, 0.05) is 12.1 Å². The van der Waals surface area contributed by atoms with Crippen LogP contribution in [0.4, 0.5) is 20.2 Å². The molecule has 0 aliphatic rings. The summed E-state index contributed by atoms with van der Waals surface area (Å²) in [6.07, 6.45) is 0. The van der Waals surface area contributed by atoms with Crippen LogP contribution in [0, 0.1) is 18.6 Å². The Bertz CT molecular complexity index is 702. The van der Waals surface area contributed by atoms with Crippen LogP contribution in [0.1, 0.15) is 15.9 Å². The van der Waals surface area contributed by atoms with E-state index in [-0.39, 0.29) is 11.1 Å². The minimum Gasteiger partial charge on any atom is -0.497 e. The molecule has 2 aromatic carbocycles. The zero-order chi connectivity index (χ0) is 15.6. The number of nitrogens with one attached hydrogen (secondary N) is 1. The summed E-state index contributed by atoms with van der Waals surface area (Å²) < 4.78 is 31.9. The lowest BCUT2D eigenvalue weighted by Gasteiger charge is -2.11. The lowest BCUT2D eigenvalue weighted by Crippen LogP contribution is -2.15. The Morgan fingerprint density at radius 1 is 1.19 bits per heavy atom. The lowest BCUT2D eigenvalue weighted by molar-refractivity contribution is 0.102. The van der Waals surface area contributed by atoms with Gasteiger partial charge in [0.15, 0.2) is 0 Å². The van der Waals surface area contributed by atoms with Crippen molar-refractivity contribution < 1.29 is 18.3 Å². The van der Waals surface area contributed by atoms with Crippen LogP contribution in [-0.4, -0.2) is 13.0 Å². The predicted molar refractivity (Wildman–Crippen MR) is 76.5 cm³/mol. The van der Waals surface area contributed by atoms with Gasteiger partial charge in [-0.2, -0.15) is 0 Å². The number of rotatable bonds is 3. The fraction of sp³-hybridized carbons (Fsp3) is 0.133. The van der Waals surface area contributed by atoms with Crippen molar-refractivity contribution in [3.8, 4) is 5.75 Å². The van der Waals surface area contributed by atoms with Gasteiger partial charge < -0.3 is 15.8 Å². The molecule has 110 valence electrons. The van der Waals surface area contributed by atoms with Crippen LogP contribution in [0.3, 0.4) is 0 Å². The van der Waals surface area contributed by atoms with Crippen molar-refractivity contribution in [1.82, 2.24) is 0 Å². The van der Waals surface area contributed by atoms with Gasteiger partial charge in [-0.1, -0.05) is 0 Å². The van der Waals surface area contributed by atoms with Gasteiger partial charge in [0.05, 0.1) is 24.0 Å². The van der Waals surface area contributed by atoms with E-state index in [1.807, 2.05) is 0 Å². The second-order valence-corrected chi connectivity index (χ2v) is 4.49. The van der Waals surface area contributed by atoms with E-state index in [4.69, 9.17) is 10.5 Å². The number of amides is 1. The Morgan fingerprint density at radius 2 is 1.90 bits per heavy atom. The van der Waals surface area contributed by atoms with Crippen LogP contribution in [0.15, 0.2) is 30.3 Å². The maximum atomic E-state index is 13.7. The van der Waals surface area contributed by atoms with Gasteiger partial charge in [-0.3, -0.25) is 4.79 Å². The van der Waals surface area contributed by atoms with E-state index in [1.165, 1.54) is 20.1 Å².